The summed E-state index contributed by atoms with van der Waals surface area (Å²) in [6, 6.07) is 0. The molecule has 0 amide bonds. The Morgan fingerprint density at radius 1 is 0.667 bits per heavy atom. The molecule has 0 bridgehead atoms. The fraction of sp³-hybridized carbons (Fsp3) is 0.794. The van der Waals surface area contributed by atoms with Crippen LogP contribution in [0.2, 0.25) is 36.3 Å². The average Bonchev–Trinajstić information content (AvgIpc) is 2.91. The molecule has 9 nitrogen and oxygen atoms in total. The highest BCUT2D eigenvalue weighted by Crippen LogP contribution is 2.53. The molecule has 0 aromatic rings. The van der Waals surface area contributed by atoms with Gasteiger partial charge in [0, 0.05) is 5.41 Å². The van der Waals surface area contributed by atoms with Crippen LogP contribution in [0.1, 0.15) is 89.0 Å². The molecule has 0 radical (unpaired) electrons. The third kappa shape index (κ3) is 7.69. The summed E-state index contributed by atoms with van der Waals surface area (Å²) in [6.45, 7) is 31.1. The van der Waals surface area contributed by atoms with Gasteiger partial charge in [-0.05, 0) is 69.9 Å². The summed E-state index contributed by atoms with van der Waals surface area (Å²) in [5.41, 5.74) is -3.46. The summed E-state index contributed by atoms with van der Waals surface area (Å²) in [7, 11) is -1.37. The molecule has 45 heavy (non-hydrogen) atoms. The second-order valence-corrected chi connectivity index (χ2v) is 26.3. The highest BCUT2D eigenvalue weighted by atomic mass is 28.4. The Hall–Kier alpha value is -1.80. The number of hydrogen-bond acceptors (Lipinski definition) is 9. The number of esters is 2. The number of rotatable bonds is 7. The maximum atomic E-state index is 12.7. The van der Waals surface area contributed by atoms with Gasteiger partial charge in [-0.1, -0.05) is 79.7 Å². The van der Waals surface area contributed by atoms with Crippen molar-refractivity contribution in [3.63, 3.8) is 0 Å². The van der Waals surface area contributed by atoms with Gasteiger partial charge in [0.05, 0.1) is 37.3 Å². The molecule has 0 aromatic carbocycles. The molecule has 0 aromatic heterocycles. The quantitative estimate of drug-likeness (QED) is 0.0716. The van der Waals surface area contributed by atoms with Crippen LogP contribution >= 0.6 is 0 Å². The van der Waals surface area contributed by atoms with Crippen molar-refractivity contribution in [2.24, 2.45) is 21.7 Å². The van der Waals surface area contributed by atoms with Gasteiger partial charge in [-0.2, -0.15) is 5.26 Å². The molecule has 2 aliphatic carbocycles. The number of hydrogen-bond donors (Lipinski definition) is 1. The van der Waals surface area contributed by atoms with Gasteiger partial charge in [0.25, 0.3) is 0 Å². The van der Waals surface area contributed by atoms with Crippen molar-refractivity contribution in [2.45, 2.75) is 137 Å². The van der Waals surface area contributed by atoms with Gasteiger partial charge in [-0.3, -0.25) is 9.59 Å². The minimum Gasteiger partial charge on any atom is -0.469 e. The SMILES string of the molecule is COC(=O)[C@@]1(C)CC=C[C@@H](O[Si](C)(C)C(C)(C)C)C1(C)C.COC(=O)[C@]1(C)[C@H](O[Si](C)(C)C(C)(C)C)C=CC[C@]1(C)C(=O)OO. The molecule has 0 saturated carbocycles. The zero-order valence-electron chi connectivity index (χ0n) is 31.1. The van der Waals surface area contributed by atoms with Crippen LogP contribution in [0.3, 0.4) is 0 Å². The van der Waals surface area contributed by atoms with Crippen LogP contribution in [0, 0.1) is 21.7 Å². The normalized spacial score (nSPS) is 30.1. The van der Waals surface area contributed by atoms with E-state index in [4.69, 9.17) is 23.6 Å². The van der Waals surface area contributed by atoms with E-state index in [1.54, 1.807) is 19.9 Å². The van der Waals surface area contributed by atoms with Crippen LogP contribution in [0.25, 0.3) is 0 Å². The molecule has 0 heterocycles. The fourth-order valence-electron chi connectivity index (χ4n) is 5.24. The van der Waals surface area contributed by atoms with Crippen LogP contribution in [-0.4, -0.2) is 66.2 Å². The Bertz CT molecular complexity index is 1150. The van der Waals surface area contributed by atoms with Crippen LogP contribution < -0.4 is 0 Å². The van der Waals surface area contributed by atoms with E-state index in [1.165, 1.54) is 14.2 Å². The predicted octanol–water partition coefficient (Wildman–Crippen LogP) is 8.08. The van der Waals surface area contributed by atoms with Crippen molar-refractivity contribution in [2.75, 3.05) is 14.2 Å². The standard InChI is InChI=1S/C17H30O6Si.C17H32O3Si/c1-15(2,3)24(7,8)23-12-10-9-11-16(4,13(18)22-20)17(12,5)14(19)21-6;1-15(2,3)21(8,9)20-13-11-10-12-17(6,14(18)19-7)16(13,4)5/h9-10,12,20H,11H2,1-8H3;10-11,13H,12H2,1-9H3/t12-,16-,17+;13-,17-/m11/s1. The zero-order chi connectivity index (χ0) is 35.7. The topological polar surface area (TPSA) is 118 Å². The lowest BCUT2D eigenvalue weighted by molar-refractivity contribution is -0.254. The minimum absolute atomic E-state index is 0.0590. The van der Waals surface area contributed by atoms with Crippen LogP contribution in [0.4, 0.5) is 0 Å². The predicted molar refractivity (Wildman–Crippen MR) is 183 cm³/mol. The molecule has 2 aliphatic rings. The highest BCUT2D eigenvalue weighted by Gasteiger charge is 2.63. The Morgan fingerprint density at radius 2 is 1.04 bits per heavy atom. The summed E-state index contributed by atoms with van der Waals surface area (Å²) < 4.78 is 23.1. The molecule has 2 rings (SSSR count). The first-order valence-electron chi connectivity index (χ1n) is 15.8. The second-order valence-electron chi connectivity index (χ2n) is 16.8. The maximum Gasteiger partial charge on any atom is 0.349 e. The maximum absolute atomic E-state index is 12.7. The highest BCUT2D eigenvalue weighted by molar-refractivity contribution is 6.74. The molecular weight excluding hydrogens is 609 g/mol. The van der Waals surface area contributed by atoms with E-state index in [1.807, 2.05) is 13.0 Å². The molecule has 1 N–H and O–H groups in total. The molecule has 5 atom stereocenters. The smallest absolute Gasteiger partial charge is 0.349 e. The summed E-state index contributed by atoms with van der Waals surface area (Å²) in [6.07, 6.45) is 8.04. The van der Waals surface area contributed by atoms with Gasteiger partial charge in [0.1, 0.15) is 5.41 Å². The lowest BCUT2D eigenvalue weighted by atomic mass is 9.58. The van der Waals surface area contributed by atoms with Crippen molar-refractivity contribution in [3.8, 4) is 0 Å². The van der Waals surface area contributed by atoms with Crippen LogP contribution in [0.15, 0.2) is 24.3 Å². The summed E-state index contributed by atoms with van der Waals surface area (Å²) in [5.74, 6) is -1.59. The minimum atomic E-state index is -2.22. The largest absolute Gasteiger partial charge is 0.469 e. The summed E-state index contributed by atoms with van der Waals surface area (Å²) in [5, 5.41) is 9.01. The molecule has 0 aliphatic heterocycles. The average molecular weight is 671 g/mol. The molecule has 0 saturated heterocycles. The van der Waals surface area contributed by atoms with E-state index >= 15 is 0 Å². The Morgan fingerprint density at radius 3 is 1.42 bits per heavy atom. The Labute approximate surface area is 274 Å². The number of ether oxygens (including phenoxy) is 2. The second kappa shape index (κ2) is 13.7. The molecule has 11 heteroatoms. The molecule has 260 valence electrons. The monoisotopic (exact) mass is 670 g/mol. The zero-order valence-corrected chi connectivity index (χ0v) is 33.1. The molecule has 0 fully saturated rings. The number of carbonyl (C=O) groups excluding carboxylic acids is 3. The third-order valence-corrected chi connectivity index (χ3v) is 20.7. The first kappa shape index (κ1) is 41.2. The number of carbonyl (C=O) groups is 3. The summed E-state index contributed by atoms with van der Waals surface area (Å²) in [4.78, 5) is 41.3. The van der Waals surface area contributed by atoms with Crippen LogP contribution in [-0.2, 0) is 37.6 Å². The van der Waals surface area contributed by atoms with E-state index in [-0.39, 0.29) is 34.0 Å². The van der Waals surface area contributed by atoms with Crippen molar-refractivity contribution >= 4 is 34.5 Å². The van der Waals surface area contributed by atoms with Gasteiger partial charge in [-0.15, -0.1) is 0 Å². The van der Waals surface area contributed by atoms with E-state index in [0.717, 1.165) is 0 Å². The van der Waals surface area contributed by atoms with Crippen molar-refractivity contribution in [1.82, 2.24) is 0 Å². The van der Waals surface area contributed by atoms with Gasteiger partial charge in [0.15, 0.2) is 16.6 Å². The van der Waals surface area contributed by atoms with E-state index in [9.17, 15) is 14.4 Å². The van der Waals surface area contributed by atoms with Crippen molar-refractivity contribution in [3.05, 3.63) is 24.3 Å². The molecule has 0 unspecified atom stereocenters. The third-order valence-electron chi connectivity index (χ3n) is 11.8. The first-order valence-corrected chi connectivity index (χ1v) is 21.6. The fourth-order valence-corrected chi connectivity index (χ4v) is 7.91. The van der Waals surface area contributed by atoms with E-state index in [2.05, 4.69) is 98.6 Å². The first-order chi connectivity index (χ1) is 20.1. The lowest BCUT2D eigenvalue weighted by Crippen LogP contribution is -2.60. The van der Waals surface area contributed by atoms with Gasteiger partial charge < -0.3 is 23.2 Å². The number of methoxy groups -OCH3 is 2. The van der Waals surface area contributed by atoms with E-state index in [0.29, 0.717) is 6.42 Å². The Kier molecular flexibility index (Phi) is 12.6. The van der Waals surface area contributed by atoms with Crippen molar-refractivity contribution in [1.29, 1.82) is 0 Å². The van der Waals surface area contributed by atoms with Crippen LogP contribution in [0.5, 0.6) is 0 Å². The summed E-state index contributed by atoms with van der Waals surface area (Å²) >= 11 is 0. The molecular formula is C34H62O9Si2. The van der Waals surface area contributed by atoms with E-state index < -0.39 is 50.9 Å². The Balaban J connectivity index is 0.000000454. The van der Waals surface area contributed by atoms with Gasteiger partial charge in [0.2, 0.25) is 0 Å². The number of allylic oxidation sites excluding steroid dienone is 2. The lowest BCUT2D eigenvalue weighted by Gasteiger charge is -2.51. The van der Waals surface area contributed by atoms with Gasteiger partial charge >= 0.3 is 17.9 Å². The molecule has 0 spiro atoms. The van der Waals surface area contributed by atoms with Crippen molar-refractivity contribution < 1.29 is 42.9 Å². The van der Waals surface area contributed by atoms with Gasteiger partial charge in [-0.25, -0.2) is 4.79 Å².